The van der Waals surface area contributed by atoms with Gasteiger partial charge in [-0.25, -0.2) is 0 Å². The second-order valence-corrected chi connectivity index (χ2v) is 3.80. The van der Waals surface area contributed by atoms with Crippen LogP contribution in [0.1, 0.15) is 19.3 Å². The third kappa shape index (κ3) is 1.61. The average Bonchev–Trinajstić information content (AvgIpc) is 2.65. The molecule has 0 bridgehead atoms. The number of carbonyl (C=O) groups excluding carboxylic acids is 1. The van der Waals surface area contributed by atoms with E-state index in [0.29, 0.717) is 11.8 Å². The number of nitrogens with zero attached hydrogens (tertiary/aromatic N) is 1. The third-order valence-electron chi connectivity index (χ3n) is 2.81. The largest absolute Gasteiger partial charge is 0.342 e. The highest BCUT2D eigenvalue weighted by Gasteiger charge is 2.24. The van der Waals surface area contributed by atoms with Gasteiger partial charge < -0.3 is 10.2 Å². The SMILES string of the molecule is O=C1CCCN1C[C@H]1CCNC1. The molecule has 2 heterocycles. The number of rotatable bonds is 2. The summed E-state index contributed by atoms with van der Waals surface area (Å²) in [7, 11) is 0. The molecule has 0 radical (unpaired) electrons. The molecule has 0 unspecified atom stereocenters. The number of nitrogens with one attached hydrogen (secondary N) is 1. The van der Waals surface area contributed by atoms with E-state index >= 15 is 0 Å². The third-order valence-corrected chi connectivity index (χ3v) is 2.81. The highest BCUT2D eigenvalue weighted by molar-refractivity contribution is 5.78. The molecule has 0 aromatic heterocycles. The van der Waals surface area contributed by atoms with Crippen molar-refractivity contribution in [1.29, 1.82) is 0 Å². The monoisotopic (exact) mass is 168 g/mol. The number of likely N-dealkylation sites (tertiary alicyclic amines) is 1. The van der Waals surface area contributed by atoms with Gasteiger partial charge in [-0.15, -0.1) is 0 Å². The fourth-order valence-electron chi connectivity index (χ4n) is 2.08. The van der Waals surface area contributed by atoms with Gasteiger partial charge in [0.15, 0.2) is 0 Å². The zero-order chi connectivity index (χ0) is 8.39. The molecule has 0 aromatic rings. The van der Waals surface area contributed by atoms with E-state index in [0.717, 1.165) is 39.0 Å². The molecule has 2 fully saturated rings. The fourth-order valence-corrected chi connectivity index (χ4v) is 2.08. The predicted octanol–water partition coefficient (Wildman–Crippen LogP) is 0.218. The highest BCUT2D eigenvalue weighted by Crippen LogP contribution is 2.15. The van der Waals surface area contributed by atoms with Crippen molar-refractivity contribution in [2.45, 2.75) is 19.3 Å². The summed E-state index contributed by atoms with van der Waals surface area (Å²) in [6.45, 7) is 4.22. The van der Waals surface area contributed by atoms with Crippen molar-refractivity contribution in [3.63, 3.8) is 0 Å². The van der Waals surface area contributed by atoms with Crippen molar-refractivity contribution in [2.75, 3.05) is 26.2 Å². The maximum atomic E-state index is 11.3. The van der Waals surface area contributed by atoms with E-state index in [9.17, 15) is 4.79 Å². The number of hydrogen-bond acceptors (Lipinski definition) is 2. The quantitative estimate of drug-likeness (QED) is 0.639. The summed E-state index contributed by atoms with van der Waals surface area (Å²) in [5.41, 5.74) is 0. The molecule has 0 aliphatic carbocycles. The Morgan fingerprint density at radius 3 is 3.08 bits per heavy atom. The normalized spacial score (nSPS) is 30.2. The second kappa shape index (κ2) is 3.44. The Kier molecular flexibility index (Phi) is 2.30. The second-order valence-electron chi connectivity index (χ2n) is 3.80. The van der Waals surface area contributed by atoms with Crippen molar-refractivity contribution in [2.24, 2.45) is 5.92 Å². The molecule has 0 aromatic carbocycles. The molecule has 2 saturated heterocycles. The molecule has 1 amide bonds. The summed E-state index contributed by atoms with van der Waals surface area (Å²) in [6.07, 6.45) is 3.09. The van der Waals surface area contributed by atoms with Crippen molar-refractivity contribution in [3.8, 4) is 0 Å². The maximum absolute atomic E-state index is 11.3. The first-order chi connectivity index (χ1) is 5.86. The Hall–Kier alpha value is -0.570. The Morgan fingerprint density at radius 1 is 1.58 bits per heavy atom. The topological polar surface area (TPSA) is 32.3 Å². The van der Waals surface area contributed by atoms with E-state index in [1.54, 1.807) is 0 Å². The van der Waals surface area contributed by atoms with E-state index in [4.69, 9.17) is 0 Å². The van der Waals surface area contributed by atoms with Gasteiger partial charge in [0.05, 0.1) is 0 Å². The Bertz CT molecular complexity index is 175. The Labute approximate surface area is 73.1 Å². The van der Waals surface area contributed by atoms with Crippen LogP contribution in [0.5, 0.6) is 0 Å². The first kappa shape index (κ1) is 8.05. The lowest BCUT2D eigenvalue weighted by molar-refractivity contribution is -0.128. The molecule has 12 heavy (non-hydrogen) atoms. The van der Waals surface area contributed by atoms with E-state index in [2.05, 4.69) is 5.32 Å². The summed E-state index contributed by atoms with van der Waals surface area (Å²) in [5.74, 6) is 1.08. The first-order valence-corrected chi connectivity index (χ1v) is 4.85. The maximum Gasteiger partial charge on any atom is 0.222 e. The average molecular weight is 168 g/mol. The van der Waals surface area contributed by atoms with Crippen LogP contribution in [0.15, 0.2) is 0 Å². The van der Waals surface area contributed by atoms with Crippen LogP contribution < -0.4 is 5.32 Å². The molecule has 3 heteroatoms. The number of carbonyl (C=O) groups is 1. The van der Waals surface area contributed by atoms with Crippen molar-refractivity contribution < 1.29 is 4.79 Å². The van der Waals surface area contributed by atoms with Crippen LogP contribution in [0.25, 0.3) is 0 Å². The van der Waals surface area contributed by atoms with Gasteiger partial charge in [0.2, 0.25) is 5.91 Å². The molecule has 1 N–H and O–H groups in total. The van der Waals surface area contributed by atoms with E-state index < -0.39 is 0 Å². The summed E-state index contributed by atoms with van der Waals surface area (Å²) in [6, 6.07) is 0. The van der Waals surface area contributed by atoms with E-state index in [1.165, 1.54) is 6.42 Å². The Balaban J connectivity index is 1.81. The smallest absolute Gasteiger partial charge is 0.222 e. The summed E-state index contributed by atoms with van der Waals surface area (Å²) in [4.78, 5) is 13.3. The molecular weight excluding hydrogens is 152 g/mol. The van der Waals surface area contributed by atoms with E-state index in [1.807, 2.05) is 4.90 Å². The van der Waals surface area contributed by atoms with Crippen molar-refractivity contribution in [1.82, 2.24) is 10.2 Å². The minimum atomic E-state index is 0.363. The predicted molar refractivity (Wildman–Crippen MR) is 46.8 cm³/mol. The van der Waals surface area contributed by atoms with Crippen LogP contribution in [0.4, 0.5) is 0 Å². The van der Waals surface area contributed by atoms with Gasteiger partial charge in [0.25, 0.3) is 0 Å². The van der Waals surface area contributed by atoms with Crippen LogP contribution in [0, 0.1) is 5.92 Å². The number of amides is 1. The minimum Gasteiger partial charge on any atom is -0.342 e. The molecule has 68 valence electrons. The lowest BCUT2D eigenvalue weighted by atomic mass is 10.1. The molecule has 2 aliphatic rings. The summed E-state index contributed by atoms with van der Waals surface area (Å²) >= 11 is 0. The summed E-state index contributed by atoms with van der Waals surface area (Å²) in [5, 5.41) is 3.32. The van der Waals surface area contributed by atoms with Gasteiger partial charge in [0.1, 0.15) is 0 Å². The van der Waals surface area contributed by atoms with Gasteiger partial charge in [-0.1, -0.05) is 0 Å². The van der Waals surface area contributed by atoms with Crippen LogP contribution in [0.3, 0.4) is 0 Å². The molecule has 0 spiro atoms. The van der Waals surface area contributed by atoms with Crippen molar-refractivity contribution >= 4 is 5.91 Å². The van der Waals surface area contributed by atoms with Crippen molar-refractivity contribution in [3.05, 3.63) is 0 Å². The minimum absolute atomic E-state index is 0.363. The summed E-state index contributed by atoms with van der Waals surface area (Å²) < 4.78 is 0. The number of hydrogen-bond donors (Lipinski definition) is 1. The van der Waals surface area contributed by atoms with Gasteiger partial charge in [0, 0.05) is 19.5 Å². The lowest BCUT2D eigenvalue weighted by Crippen LogP contribution is -2.31. The first-order valence-electron chi connectivity index (χ1n) is 4.85. The molecule has 0 saturated carbocycles. The fraction of sp³-hybridized carbons (Fsp3) is 0.889. The molecule has 2 aliphatic heterocycles. The van der Waals surface area contributed by atoms with Crippen LogP contribution >= 0.6 is 0 Å². The van der Waals surface area contributed by atoms with Gasteiger partial charge >= 0.3 is 0 Å². The van der Waals surface area contributed by atoms with Crippen LogP contribution in [-0.4, -0.2) is 37.0 Å². The zero-order valence-electron chi connectivity index (χ0n) is 7.38. The van der Waals surface area contributed by atoms with Gasteiger partial charge in [-0.2, -0.15) is 0 Å². The van der Waals surface area contributed by atoms with Crippen LogP contribution in [0.2, 0.25) is 0 Å². The molecule has 1 atom stereocenters. The highest BCUT2D eigenvalue weighted by atomic mass is 16.2. The van der Waals surface area contributed by atoms with Gasteiger partial charge in [-0.3, -0.25) is 4.79 Å². The van der Waals surface area contributed by atoms with Crippen LogP contribution in [-0.2, 0) is 4.79 Å². The Morgan fingerprint density at radius 2 is 2.50 bits per heavy atom. The van der Waals surface area contributed by atoms with E-state index in [-0.39, 0.29) is 0 Å². The lowest BCUT2D eigenvalue weighted by Gasteiger charge is -2.19. The standard InChI is InChI=1S/C9H16N2O/c12-9-2-1-5-11(9)7-8-3-4-10-6-8/h8,10H,1-7H2/t8-/m0/s1. The molecular formula is C9H16N2O. The van der Waals surface area contributed by atoms with Gasteiger partial charge in [-0.05, 0) is 31.8 Å². The molecule has 3 nitrogen and oxygen atoms in total. The molecule has 2 rings (SSSR count). The zero-order valence-corrected chi connectivity index (χ0v) is 7.38.